The van der Waals surface area contributed by atoms with Gasteiger partial charge in [0.25, 0.3) is 0 Å². The molecule has 0 aromatic carbocycles. The standard InChI is InChI=1S/C11H19IO2/c12-9-11(5-7-13-8-6-11)14-10-3-1-2-4-10/h10H,1-9H2. The average molecular weight is 310 g/mol. The van der Waals surface area contributed by atoms with Crippen LogP contribution in [0.15, 0.2) is 0 Å². The second-order valence-corrected chi connectivity index (χ2v) is 5.22. The SMILES string of the molecule is ICC1(OC2CCCC2)CCOCC1. The third kappa shape index (κ3) is 2.61. The smallest absolute Gasteiger partial charge is 0.0819 e. The van der Waals surface area contributed by atoms with Gasteiger partial charge < -0.3 is 9.47 Å². The maximum Gasteiger partial charge on any atom is 0.0819 e. The number of rotatable bonds is 3. The number of hydrogen-bond donors (Lipinski definition) is 0. The average Bonchev–Trinajstić information content (AvgIpc) is 2.72. The highest BCUT2D eigenvalue weighted by atomic mass is 127. The van der Waals surface area contributed by atoms with E-state index in [1.807, 2.05) is 0 Å². The van der Waals surface area contributed by atoms with Crippen molar-refractivity contribution in [1.29, 1.82) is 0 Å². The van der Waals surface area contributed by atoms with Gasteiger partial charge in [0.2, 0.25) is 0 Å². The van der Waals surface area contributed by atoms with Crippen LogP contribution in [0.25, 0.3) is 0 Å². The van der Waals surface area contributed by atoms with E-state index in [0.29, 0.717) is 6.10 Å². The van der Waals surface area contributed by atoms with E-state index in [2.05, 4.69) is 22.6 Å². The Bertz CT molecular complexity index is 172. The first kappa shape index (κ1) is 11.1. The lowest BCUT2D eigenvalue weighted by Crippen LogP contribution is -2.43. The van der Waals surface area contributed by atoms with E-state index in [1.54, 1.807) is 0 Å². The molecule has 0 unspecified atom stereocenters. The fourth-order valence-electron chi connectivity index (χ4n) is 2.39. The second kappa shape index (κ2) is 5.12. The van der Waals surface area contributed by atoms with E-state index in [1.165, 1.54) is 25.7 Å². The van der Waals surface area contributed by atoms with Crippen LogP contribution in [0.5, 0.6) is 0 Å². The molecule has 1 heterocycles. The minimum atomic E-state index is 0.147. The summed E-state index contributed by atoms with van der Waals surface area (Å²) >= 11 is 2.47. The first-order valence-electron chi connectivity index (χ1n) is 5.66. The maximum atomic E-state index is 6.30. The highest BCUT2D eigenvalue weighted by Crippen LogP contribution is 2.33. The van der Waals surface area contributed by atoms with Crippen molar-refractivity contribution in [2.45, 2.75) is 50.2 Å². The maximum absolute atomic E-state index is 6.30. The van der Waals surface area contributed by atoms with E-state index in [-0.39, 0.29) is 5.60 Å². The van der Waals surface area contributed by atoms with E-state index in [4.69, 9.17) is 9.47 Å². The zero-order valence-corrected chi connectivity index (χ0v) is 10.8. The summed E-state index contributed by atoms with van der Waals surface area (Å²) in [4.78, 5) is 0. The summed E-state index contributed by atoms with van der Waals surface area (Å²) < 4.78 is 12.8. The van der Waals surface area contributed by atoms with Gasteiger partial charge in [-0.25, -0.2) is 0 Å². The fourth-order valence-corrected chi connectivity index (χ4v) is 3.33. The van der Waals surface area contributed by atoms with Crippen molar-refractivity contribution in [1.82, 2.24) is 0 Å². The fraction of sp³-hybridized carbons (Fsp3) is 1.00. The molecular formula is C11H19IO2. The Labute approximate surface area is 99.9 Å². The Morgan fingerprint density at radius 2 is 1.86 bits per heavy atom. The second-order valence-electron chi connectivity index (χ2n) is 4.45. The number of ether oxygens (including phenoxy) is 2. The Balaban J connectivity index is 1.89. The van der Waals surface area contributed by atoms with Crippen LogP contribution in [0, 0.1) is 0 Å². The summed E-state index contributed by atoms with van der Waals surface area (Å²) in [5.41, 5.74) is 0.147. The molecule has 14 heavy (non-hydrogen) atoms. The largest absolute Gasteiger partial charge is 0.381 e. The van der Waals surface area contributed by atoms with Gasteiger partial charge in [0.1, 0.15) is 0 Å². The molecule has 1 saturated carbocycles. The highest BCUT2D eigenvalue weighted by Gasteiger charge is 2.35. The van der Waals surface area contributed by atoms with Crippen LogP contribution in [-0.4, -0.2) is 29.3 Å². The molecule has 0 N–H and O–H groups in total. The van der Waals surface area contributed by atoms with Crippen LogP contribution in [0.1, 0.15) is 38.5 Å². The lowest BCUT2D eigenvalue weighted by Gasteiger charge is -2.38. The molecule has 2 fully saturated rings. The Morgan fingerprint density at radius 3 is 2.43 bits per heavy atom. The van der Waals surface area contributed by atoms with E-state index in [0.717, 1.165) is 30.5 Å². The molecule has 2 nitrogen and oxygen atoms in total. The molecule has 0 radical (unpaired) electrons. The Hall–Kier alpha value is 0.650. The van der Waals surface area contributed by atoms with Crippen LogP contribution in [-0.2, 0) is 9.47 Å². The lowest BCUT2D eigenvalue weighted by atomic mass is 9.96. The molecule has 0 aromatic heterocycles. The van der Waals surface area contributed by atoms with Gasteiger partial charge in [-0.15, -0.1) is 0 Å². The zero-order chi connectivity index (χ0) is 9.86. The van der Waals surface area contributed by atoms with Crippen LogP contribution in [0.4, 0.5) is 0 Å². The molecule has 3 heteroatoms. The predicted molar refractivity (Wildman–Crippen MR) is 65.0 cm³/mol. The summed E-state index contributed by atoms with van der Waals surface area (Å²) in [7, 11) is 0. The predicted octanol–water partition coefficient (Wildman–Crippen LogP) is 2.93. The van der Waals surface area contributed by atoms with Gasteiger partial charge in [0.15, 0.2) is 0 Å². The minimum absolute atomic E-state index is 0.147. The summed E-state index contributed by atoms with van der Waals surface area (Å²) in [6, 6.07) is 0. The molecule has 2 aliphatic rings. The minimum Gasteiger partial charge on any atom is -0.381 e. The lowest BCUT2D eigenvalue weighted by molar-refractivity contribution is -0.125. The van der Waals surface area contributed by atoms with Crippen molar-refractivity contribution in [3.63, 3.8) is 0 Å². The van der Waals surface area contributed by atoms with Crippen LogP contribution < -0.4 is 0 Å². The zero-order valence-electron chi connectivity index (χ0n) is 8.64. The Morgan fingerprint density at radius 1 is 1.21 bits per heavy atom. The molecule has 0 spiro atoms. The van der Waals surface area contributed by atoms with Crippen molar-refractivity contribution >= 4 is 22.6 Å². The van der Waals surface area contributed by atoms with E-state index in [9.17, 15) is 0 Å². The van der Waals surface area contributed by atoms with Gasteiger partial charge in [0, 0.05) is 30.5 Å². The van der Waals surface area contributed by atoms with Gasteiger partial charge in [-0.05, 0) is 12.8 Å². The first-order chi connectivity index (χ1) is 6.85. The quantitative estimate of drug-likeness (QED) is 0.589. The Kier molecular flexibility index (Phi) is 4.08. The molecular weight excluding hydrogens is 291 g/mol. The van der Waals surface area contributed by atoms with Gasteiger partial charge in [-0.1, -0.05) is 35.4 Å². The van der Waals surface area contributed by atoms with Crippen molar-refractivity contribution in [2.24, 2.45) is 0 Å². The number of halogens is 1. The molecule has 82 valence electrons. The summed E-state index contributed by atoms with van der Waals surface area (Å²) in [5, 5.41) is 0. The molecule has 1 saturated heterocycles. The van der Waals surface area contributed by atoms with Crippen molar-refractivity contribution in [2.75, 3.05) is 17.6 Å². The van der Waals surface area contributed by atoms with Crippen molar-refractivity contribution < 1.29 is 9.47 Å². The normalized spacial score (nSPS) is 28.1. The van der Waals surface area contributed by atoms with Gasteiger partial charge >= 0.3 is 0 Å². The van der Waals surface area contributed by atoms with Crippen LogP contribution in [0.2, 0.25) is 0 Å². The molecule has 1 aliphatic heterocycles. The van der Waals surface area contributed by atoms with E-state index < -0.39 is 0 Å². The first-order valence-corrected chi connectivity index (χ1v) is 7.19. The number of alkyl halides is 1. The molecule has 0 amide bonds. The number of hydrogen-bond acceptors (Lipinski definition) is 2. The third-order valence-corrected chi connectivity index (χ3v) is 4.76. The summed E-state index contributed by atoms with van der Waals surface area (Å²) in [5.74, 6) is 0. The summed E-state index contributed by atoms with van der Waals surface area (Å²) in [6.07, 6.45) is 8.00. The van der Waals surface area contributed by atoms with Crippen molar-refractivity contribution in [3.8, 4) is 0 Å². The van der Waals surface area contributed by atoms with Crippen LogP contribution in [0.3, 0.4) is 0 Å². The molecule has 1 aliphatic carbocycles. The van der Waals surface area contributed by atoms with Gasteiger partial charge in [-0.3, -0.25) is 0 Å². The van der Waals surface area contributed by atoms with E-state index >= 15 is 0 Å². The summed E-state index contributed by atoms with van der Waals surface area (Å²) in [6.45, 7) is 1.77. The van der Waals surface area contributed by atoms with Gasteiger partial charge in [0.05, 0.1) is 11.7 Å². The topological polar surface area (TPSA) is 18.5 Å². The molecule has 0 bridgehead atoms. The van der Waals surface area contributed by atoms with Gasteiger partial charge in [-0.2, -0.15) is 0 Å². The van der Waals surface area contributed by atoms with Crippen LogP contribution >= 0.6 is 22.6 Å². The van der Waals surface area contributed by atoms with Crippen molar-refractivity contribution in [3.05, 3.63) is 0 Å². The third-order valence-electron chi connectivity index (χ3n) is 3.37. The molecule has 2 rings (SSSR count). The molecule has 0 atom stereocenters. The highest BCUT2D eigenvalue weighted by molar-refractivity contribution is 14.1. The molecule has 0 aromatic rings. The monoisotopic (exact) mass is 310 g/mol.